The van der Waals surface area contributed by atoms with E-state index in [1.54, 1.807) is 13.0 Å². The Balaban J connectivity index is 1.88. The molecule has 7 heteroatoms. The number of piperidine rings is 1. The number of amides is 1. The van der Waals surface area contributed by atoms with Gasteiger partial charge in [0.15, 0.2) is 0 Å². The summed E-state index contributed by atoms with van der Waals surface area (Å²) in [6.07, 6.45) is 4.01. The second-order valence-corrected chi connectivity index (χ2v) is 5.32. The van der Waals surface area contributed by atoms with Crippen LogP contribution >= 0.6 is 0 Å². The van der Waals surface area contributed by atoms with Crippen LogP contribution in [0.3, 0.4) is 0 Å². The molecule has 2 rings (SSSR count). The molecule has 2 heterocycles. The summed E-state index contributed by atoms with van der Waals surface area (Å²) in [5.74, 6) is -0.981. The van der Waals surface area contributed by atoms with Crippen molar-refractivity contribution in [3.8, 4) is 0 Å². The van der Waals surface area contributed by atoms with E-state index in [-0.39, 0.29) is 24.3 Å². The van der Waals surface area contributed by atoms with E-state index in [0.29, 0.717) is 11.7 Å². The van der Waals surface area contributed by atoms with E-state index in [2.05, 4.69) is 20.5 Å². The van der Waals surface area contributed by atoms with E-state index in [9.17, 15) is 9.59 Å². The van der Waals surface area contributed by atoms with E-state index in [1.807, 2.05) is 10.9 Å². The molecule has 7 nitrogen and oxygen atoms in total. The first kappa shape index (κ1) is 15.5. The van der Waals surface area contributed by atoms with Crippen LogP contribution in [0.5, 0.6) is 0 Å². The molecule has 21 heavy (non-hydrogen) atoms. The molecular formula is C14H22N4O3. The second-order valence-electron chi connectivity index (χ2n) is 5.32. The zero-order chi connectivity index (χ0) is 15.2. The Hall–Kier alpha value is -1.89. The summed E-state index contributed by atoms with van der Waals surface area (Å²) in [6, 6.07) is 2.00. The first-order chi connectivity index (χ1) is 10.1. The van der Waals surface area contributed by atoms with Gasteiger partial charge < -0.3 is 15.4 Å². The van der Waals surface area contributed by atoms with Crippen molar-refractivity contribution >= 4 is 11.9 Å². The summed E-state index contributed by atoms with van der Waals surface area (Å²) < 4.78 is 6.45. The number of rotatable bonds is 5. The van der Waals surface area contributed by atoms with Crippen LogP contribution in [-0.2, 0) is 9.53 Å². The second kappa shape index (κ2) is 7.21. The minimum absolute atomic E-state index is 0.239. The monoisotopic (exact) mass is 294 g/mol. The summed E-state index contributed by atoms with van der Waals surface area (Å²) in [4.78, 5) is 23.3. The van der Waals surface area contributed by atoms with Gasteiger partial charge in [0.25, 0.3) is 5.91 Å². The Labute approximate surface area is 124 Å². The van der Waals surface area contributed by atoms with E-state index in [0.717, 1.165) is 25.9 Å². The molecule has 2 atom stereocenters. The molecular weight excluding hydrogens is 272 g/mol. The Morgan fingerprint density at radius 1 is 1.62 bits per heavy atom. The number of esters is 1. The zero-order valence-corrected chi connectivity index (χ0v) is 12.5. The molecule has 0 aromatic carbocycles. The van der Waals surface area contributed by atoms with Crippen molar-refractivity contribution in [1.82, 2.24) is 20.4 Å². The van der Waals surface area contributed by atoms with Gasteiger partial charge in [0.05, 0.1) is 19.1 Å². The van der Waals surface area contributed by atoms with Gasteiger partial charge >= 0.3 is 5.97 Å². The topological polar surface area (TPSA) is 85.2 Å². The molecule has 1 fully saturated rings. The Kier molecular flexibility index (Phi) is 5.32. The van der Waals surface area contributed by atoms with Gasteiger partial charge in [0, 0.05) is 19.3 Å². The molecule has 1 aromatic rings. The molecule has 2 unspecified atom stereocenters. The quantitative estimate of drug-likeness (QED) is 0.765. The molecule has 1 aliphatic rings. The number of carbonyl (C=O) groups is 2. The van der Waals surface area contributed by atoms with Crippen LogP contribution < -0.4 is 10.6 Å². The Morgan fingerprint density at radius 3 is 3.10 bits per heavy atom. The fourth-order valence-electron chi connectivity index (χ4n) is 2.34. The first-order valence-electron chi connectivity index (χ1n) is 7.23. The Morgan fingerprint density at radius 2 is 2.43 bits per heavy atom. The summed E-state index contributed by atoms with van der Waals surface area (Å²) in [7, 11) is 1.33. The maximum absolute atomic E-state index is 12.0. The average Bonchev–Trinajstić information content (AvgIpc) is 3.02. The number of aromatic nitrogens is 2. The lowest BCUT2D eigenvalue weighted by molar-refractivity contribution is -0.144. The number of hydrogen-bond acceptors (Lipinski definition) is 5. The van der Waals surface area contributed by atoms with Gasteiger partial charge in [-0.3, -0.25) is 14.3 Å². The molecule has 2 N–H and O–H groups in total. The fraction of sp³-hybridized carbons (Fsp3) is 0.643. The Bertz CT molecular complexity index is 494. The van der Waals surface area contributed by atoms with Crippen molar-refractivity contribution in [2.24, 2.45) is 5.92 Å². The smallest absolute Gasteiger partial charge is 0.310 e. The van der Waals surface area contributed by atoms with E-state index >= 15 is 0 Å². The maximum Gasteiger partial charge on any atom is 0.310 e. The normalized spacial score (nSPS) is 19.8. The first-order valence-corrected chi connectivity index (χ1v) is 7.23. The molecule has 116 valence electrons. The van der Waals surface area contributed by atoms with Crippen LogP contribution in [0.1, 0.15) is 36.3 Å². The van der Waals surface area contributed by atoms with Gasteiger partial charge in [0.1, 0.15) is 5.69 Å². The standard InChI is InChI=1S/C14H22N4O3/c1-10(14(20)21-2)8-16-13(19)12-5-7-18(17-12)11-4-3-6-15-9-11/h5,7,10-11,15H,3-4,6,8-9H2,1-2H3,(H,16,19). The van der Waals surface area contributed by atoms with Crippen molar-refractivity contribution in [3.63, 3.8) is 0 Å². The SMILES string of the molecule is COC(=O)C(C)CNC(=O)c1ccn(C2CCCNC2)n1. The lowest BCUT2D eigenvalue weighted by Gasteiger charge is -2.22. The highest BCUT2D eigenvalue weighted by Crippen LogP contribution is 2.15. The number of carbonyl (C=O) groups excluding carboxylic acids is 2. The molecule has 0 bridgehead atoms. The third kappa shape index (κ3) is 4.04. The van der Waals surface area contributed by atoms with Gasteiger partial charge in [-0.1, -0.05) is 6.92 Å². The van der Waals surface area contributed by atoms with Gasteiger partial charge in [-0.15, -0.1) is 0 Å². The molecule has 0 aliphatic carbocycles. The minimum atomic E-state index is -0.372. The number of nitrogens with one attached hydrogen (secondary N) is 2. The maximum atomic E-state index is 12.0. The molecule has 1 aromatic heterocycles. The minimum Gasteiger partial charge on any atom is -0.469 e. The van der Waals surface area contributed by atoms with Crippen LogP contribution in [0.25, 0.3) is 0 Å². The van der Waals surface area contributed by atoms with Gasteiger partial charge in [-0.05, 0) is 25.5 Å². The van der Waals surface area contributed by atoms with Crippen LogP contribution in [0.2, 0.25) is 0 Å². The summed E-state index contributed by atoms with van der Waals surface area (Å²) >= 11 is 0. The molecule has 0 spiro atoms. The van der Waals surface area contributed by atoms with E-state index < -0.39 is 0 Å². The predicted molar refractivity (Wildman–Crippen MR) is 76.9 cm³/mol. The summed E-state index contributed by atoms with van der Waals surface area (Å²) in [5, 5.41) is 10.3. The predicted octanol–water partition coefficient (Wildman–Crippen LogP) is 0.346. The lowest BCUT2D eigenvalue weighted by atomic mass is 10.1. The van der Waals surface area contributed by atoms with Gasteiger partial charge in [-0.2, -0.15) is 5.10 Å². The van der Waals surface area contributed by atoms with Crippen molar-refractivity contribution in [2.45, 2.75) is 25.8 Å². The highest BCUT2D eigenvalue weighted by Gasteiger charge is 2.19. The van der Waals surface area contributed by atoms with Crippen molar-refractivity contribution in [3.05, 3.63) is 18.0 Å². The largest absolute Gasteiger partial charge is 0.469 e. The third-order valence-electron chi connectivity index (χ3n) is 3.66. The van der Waals surface area contributed by atoms with Crippen molar-refractivity contribution in [2.75, 3.05) is 26.7 Å². The number of methoxy groups -OCH3 is 1. The number of ether oxygens (including phenoxy) is 1. The van der Waals surface area contributed by atoms with Crippen molar-refractivity contribution < 1.29 is 14.3 Å². The third-order valence-corrected chi connectivity index (χ3v) is 3.66. The molecule has 1 amide bonds. The number of hydrogen-bond donors (Lipinski definition) is 2. The highest BCUT2D eigenvalue weighted by molar-refractivity contribution is 5.92. The van der Waals surface area contributed by atoms with Crippen LogP contribution in [0, 0.1) is 5.92 Å². The van der Waals surface area contributed by atoms with Gasteiger partial charge in [-0.25, -0.2) is 0 Å². The molecule has 1 saturated heterocycles. The highest BCUT2D eigenvalue weighted by atomic mass is 16.5. The fourth-order valence-corrected chi connectivity index (χ4v) is 2.34. The van der Waals surface area contributed by atoms with E-state index in [4.69, 9.17) is 0 Å². The van der Waals surface area contributed by atoms with E-state index in [1.165, 1.54) is 7.11 Å². The zero-order valence-electron chi connectivity index (χ0n) is 12.5. The summed E-state index contributed by atoms with van der Waals surface area (Å²) in [5.41, 5.74) is 0.373. The van der Waals surface area contributed by atoms with Crippen LogP contribution in [0.4, 0.5) is 0 Å². The summed E-state index contributed by atoms with van der Waals surface area (Å²) in [6.45, 7) is 3.86. The van der Waals surface area contributed by atoms with Crippen LogP contribution in [-0.4, -0.2) is 48.4 Å². The van der Waals surface area contributed by atoms with Gasteiger partial charge in [0.2, 0.25) is 0 Å². The number of nitrogens with zero attached hydrogens (tertiary/aromatic N) is 2. The van der Waals surface area contributed by atoms with Crippen molar-refractivity contribution in [1.29, 1.82) is 0 Å². The van der Waals surface area contributed by atoms with Crippen LogP contribution in [0.15, 0.2) is 12.3 Å². The molecule has 1 aliphatic heterocycles. The average molecular weight is 294 g/mol. The molecule has 0 saturated carbocycles. The molecule has 0 radical (unpaired) electrons. The lowest BCUT2D eigenvalue weighted by Crippen LogP contribution is -2.33.